The SMILES string of the molecule is C=CC(=O)Nc1cc(Nc2cc(N3OCCC3c3c(F)ccc(F)c3F)ncn2)c(OC)cc1N1CCC(N2CCN(C3CC3)CC2)CC1. The molecular weight excluding hydrogens is 637 g/mol. The number of hydrogen-bond acceptors (Lipinski definition) is 10. The normalized spacial score (nSPS) is 20.8. The third-order valence-electron chi connectivity index (χ3n) is 9.95. The number of methoxy groups -OCH3 is 1. The number of nitrogens with zero attached hydrogens (tertiary/aromatic N) is 6. The number of ether oxygens (including phenoxy) is 1. The predicted octanol–water partition coefficient (Wildman–Crippen LogP) is 5.40. The maximum atomic E-state index is 14.7. The number of benzene rings is 2. The molecule has 0 bridgehead atoms. The third-order valence-corrected chi connectivity index (χ3v) is 9.95. The van der Waals surface area contributed by atoms with Crippen LogP contribution in [-0.2, 0) is 9.63 Å². The van der Waals surface area contributed by atoms with E-state index < -0.39 is 29.1 Å². The summed E-state index contributed by atoms with van der Waals surface area (Å²) >= 11 is 0. The van der Waals surface area contributed by atoms with Crippen molar-refractivity contribution >= 4 is 34.6 Å². The predicted molar refractivity (Wildman–Crippen MR) is 181 cm³/mol. The first-order valence-electron chi connectivity index (χ1n) is 16.9. The van der Waals surface area contributed by atoms with E-state index in [0.29, 0.717) is 29.0 Å². The van der Waals surface area contributed by atoms with Gasteiger partial charge in [-0.15, -0.1) is 0 Å². The Kier molecular flexibility index (Phi) is 9.61. The topological polar surface area (TPSA) is 98.3 Å². The molecule has 4 fully saturated rings. The number of rotatable bonds is 10. The summed E-state index contributed by atoms with van der Waals surface area (Å²) in [5, 5.41) is 7.45. The Balaban J connectivity index is 1.09. The Morgan fingerprint density at radius 2 is 1.61 bits per heavy atom. The number of carbonyl (C=O) groups excluding carboxylic acids is 1. The number of hydrogen-bond donors (Lipinski definition) is 2. The number of hydroxylamine groups is 1. The van der Waals surface area contributed by atoms with E-state index in [2.05, 4.69) is 41.9 Å². The van der Waals surface area contributed by atoms with Crippen molar-refractivity contribution in [2.45, 2.75) is 50.2 Å². The molecule has 0 radical (unpaired) electrons. The van der Waals surface area contributed by atoms with E-state index >= 15 is 0 Å². The largest absolute Gasteiger partial charge is 0.494 e. The second-order valence-corrected chi connectivity index (χ2v) is 12.9. The summed E-state index contributed by atoms with van der Waals surface area (Å²) in [6, 6.07) is 7.29. The average molecular weight is 679 g/mol. The molecule has 3 aromatic rings. The van der Waals surface area contributed by atoms with E-state index in [1.807, 2.05) is 6.07 Å². The van der Waals surface area contributed by atoms with Crippen LogP contribution in [0.25, 0.3) is 0 Å². The first-order valence-corrected chi connectivity index (χ1v) is 16.9. The van der Waals surface area contributed by atoms with Crippen molar-refractivity contribution in [2.75, 3.05) is 73.6 Å². The van der Waals surface area contributed by atoms with Crippen LogP contribution in [0.2, 0.25) is 0 Å². The standard InChI is InChI=1S/C35H41F3N8O3/c1-3-33(47)42-26-18-27(30(48-2)19-29(26)45-11-8-23(9-12-45)44-15-13-43(14-16-44)22-4-5-22)41-31-20-32(40-21-39-31)46-28(10-17-49-46)34-24(36)6-7-25(37)35(34)38/h3,6-7,18-23,28H,1,4-5,8-17H2,2H3,(H,42,47)(H,39,40,41). The zero-order chi connectivity index (χ0) is 34.1. The number of piperidine rings is 1. The summed E-state index contributed by atoms with van der Waals surface area (Å²) in [5.74, 6) is -2.56. The minimum Gasteiger partial charge on any atom is -0.494 e. The molecule has 1 atom stereocenters. The highest BCUT2D eigenvalue weighted by Crippen LogP contribution is 2.41. The molecule has 14 heteroatoms. The van der Waals surface area contributed by atoms with Crippen LogP contribution in [0, 0.1) is 17.5 Å². The van der Waals surface area contributed by atoms with E-state index in [1.54, 1.807) is 19.2 Å². The number of nitrogens with one attached hydrogen (secondary N) is 2. The maximum Gasteiger partial charge on any atom is 0.247 e. The number of aromatic nitrogens is 2. The maximum absolute atomic E-state index is 14.7. The van der Waals surface area contributed by atoms with Gasteiger partial charge in [0.2, 0.25) is 5.91 Å². The molecule has 7 rings (SSSR count). The molecule has 3 saturated heterocycles. The number of anilines is 5. The monoisotopic (exact) mass is 678 g/mol. The van der Waals surface area contributed by atoms with E-state index in [1.165, 1.54) is 30.3 Å². The van der Waals surface area contributed by atoms with Crippen molar-refractivity contribution in [1.29, 1.82) is 0 Å². The summed E-state index contributed by atoms with van der Waals surface area (Å²) in [4.78, 5) is 34.4. The van der Waals surface area contributed by atoms with Crippen LogP contribution in [0.5, 0.6) is 5.75 Å². The molecule has 2 aromatic carbocycles. The van der Waals surface area contributed by atoms with Crippen molar-refractivity contribution in [1.82, 2.24) is 19.8 Å². The Bertz CT molecular complexity index is 1690. The first-order chi connectivity index (χ1) is 23.8. The fourth-order valence-electron chi connectivity index (χ4n) is 7.24. The number of halogens is 3. The highest BCUT2D eigenvalue weighted by Gasteiger charge is 2.36. The highest BCUT2D eigenvalue weighted by atomic mass is 19.2. The van der Waals surface area contributed by atoms with Crippen molar-refractivity contribution < 1.29 is 27.5 Å². The Morgan fingerprint density at radius 3 is 2.29 bits per heavy atom. The van der Waals surface area contributed by atoms with Gasteiger partial charge in [0.15, 0.2) is 17.5 Å². The quantitative estimate of drug-likeness (QED) is 0.214. The van der Waals surface area contributed by atoms with Crippen molar-refractivity contribution in [2.24, 2.45) is 0 Å². The van der Waals surface area contributed by atoms with Gasteiger partial charge in [-0.25, -0.2) is 28.2 Å². The van der Waals surface area contributed by atoms with E-state index in [0.717, 1.165) is 76.0 Å². The zero-order valence-electron chi connectivity index (χ0n) is 27.5. The molecule has 0 spiro atoms. The van der Waals surface area contributed by atoms with Gasteiger partial charge < -0.3 is 20.3 Å². The smallest absolute Gasteiger partial charge is 0.247 e. The fraction of sp³-hybridized carbons (Fsp3) is 0.457. The van der Waals surface area contributed by atoms with E-state index in [9.17, 15) is 18.0 Å². The molecule has 3 aliphatic heterocycles. The van der Waals surface area contributed by atoms with Crippen LogP contribution >= 0.6 is 0 Å². The summed E-state index contributed by atoms with van der Waals surface area (Å²) in [6.07, 6.45) is 7.46. The Hall–Kier alpha value is -4.40. The molecule has 1 aliphatic carbocycles. The van der Waals surface area contributed by atoms with Crippen LogP contribution in [0.1, 0.15) is 43.7 Å². The minimum absolute atomic E-state index is 0.156. The zero-order valence-corrected chi connectivity index (χ0v) is 27.5. The summed E-state index contributed by atoms with van der Waals surface area (Å²) in [6.45, 7) is 9.97. The second-order valence-electron chi connectivity index (χ2n) is 12.9. The van der Waals surface area contributed by atoms with Gasteiger partial charge in [0, 0.05) is 69.9 Å². The Morgan fingerprint density at radius 1 is 0.918 bits per heavy atom. The molecule has 49 heavy (non-hydrogen) atoms. The lowest BCUT2D eigenvalue weighted by molar-refractivity contribution is -0.111. The van der Waals surface area contributed by atoms with Gasteiger partial charge in [-0.05, 0) is 50.0 Å². The lowest BCUT2D eigenvalue weighted by Gasteiger charge is -2.43. The van der Waals surface area contributed by atoms with Gasteiger partial charge in [-0.2, -0.15) is 0 Å². The molecule has 1 amide bonds. The fourth-order valence-corrected chi connectivity index (χ4v) is 7.24. The molecular formula is C35H41F3N8O3. The van der Waals surface area contributed by atoms with Crippen LogP contribution < -0.4 is 25.3 Å². The Labute approximate surface area is 283 Å². The van der Waals surface area contributed by atoms with Gasteiger partial charge in [-0.1, -0.05) is 6.58 Å². The van der Waals surface area contributed by atoms with Gasteiger partial charge >= 0.3 is 0 Å². The van der Waals surface area contributed by atoms with Gasteiger partial charge in [-0.3, -0.25) is 19.4 Å². The van der Waals surface area contributed by atoms with E-state index in [-0.39, 0.29) is 24.8 Å². The van der Waals surface area contributed by atoms with Crippen LogP contribution in [-0.4, -0.2) is 90.7 Å². The van der Waals surface area contributed by atoms with Gasteiger partial charge in [0.1, 0.15) is 23.7 Å². The van der Waals surface area contributed by atoms with Crippen LogP contribution in [0.15, 0.2) is 49.3 Å². The molecule has 11 nitrogen and oxygen atoms in total. The number of carbonyl (C=O) groups is 1. The number of piperazine rings is 1. The first kappa shape index (κ1) is 33.1. The third kappa shape index (κ3) is 7.03. The van der Waals surface area contributed by atoms with Crippen molar-refractivity contribution in [3.8, 4) is 5.75 Å². The minimum atomic E-state index is -1.26. The van der Waals surface area contributed by atoms with Gasteiger partial charge in [0.05, 0.1) is 42.4 Å². The van der Waals surface area contributed by atoms with E-state index in [4.69, 9.17) is 9.57 Å². The lowest BCUT2D eigenvalue weighted by Crippen LogP contribution is -2.53. The molecule has 1 saturated carbocycles. The average Bonchev–Trinajstić information content (AvgIpc) is 3.87. The highest BCUT2D eigenvalue weighted by molar-refractivity contribution is 6.02. The summed E-state index contributed by atoms with van der Waals surface area (Å²) in [5.41, 5.74) is 1.51. The molecule has 1 aromatic heterocycles. The van der Waals surface area contributed by atoms with Crippen molar-refractivity contribution in [3.05, 3.63) is 72.3 Å². The molecule has 4 aliphatic rings. The number of amides is 1. The molecule has 4 heterocycles. The molecule has 260 valence electrons. The molecule has 2 N–H and O–H groups in total. The van der Waals surface area contributed by atoms with Crippen molar-refractivity contribution in [3.63, 3.8) is 0 Å². The second kappa shape index (κ2) is 14.2. The summed E-state index contributed by atoms with van der Waals surface area (Å²) < 4.78 is 49.3. The van der Waals surface area contributed by atoms with Gasteiger partial charge in [0.25, 0.3) is 0 Å². The lowest BCUT2D eigenvalue weighted by atomic mass is 10.0. The molecule has 1 unspecified atom stereocenters. The summed E-state index contributed by atoms with van der Waals surface area (Å²) in [7, 11) is 1.57. The van der Waals surface area contributed by atoms with Crippen LogP contribution in [0.3, 0.4) is 0 Å². The van der Waals surface area contributed by atoms with Crippen LogP contribution in [0.4, 0.5) is 41.9 Å².